The summed E-state index contributed by atoms with van der Waals surface area (Å²) >= 11 is 0. The number of imide groups is 1. The number of nitro benzene ring substituents is 1. The van der Waals surface area contributed by atoms with E-state index in [9.17, 15) is 24.5 Å². The number of nitro groups is 1. The van der Waals surface area contributed by atoms with Crippen molar-refractivity contribution in [2.45, 2.75) is 38.5 Å². The largest absolute Gasteiger partial charge is 0.322 e. The lowest BCUT2D eigenvalue weighted by Crippen LogP contribution is -2.52. The monoisotopic (exact) mass is 499 g/mol. The highest BCUT2D eigenvalue weighted by molar-refractivity contribution is 6.05. The standard InChI is InChI=1S/C27H25N5O5/c1-30(14-17-2-5-21(6-3-17)32(36)37)15-18-10-11-28-23(12-18)19-4-7-22-20(13-19)16-31(27(22)35)24-8-9-25(33)29-26(24)34/h2-7,10-13,24H,8-9,14-16H2,1H3,(H,29,33,34). The van der Waals surface area contributed by atoms with Crippen molar-refractivity contribution in [3.8, 4) is 11.3 Å². The van der Waals surface area contributed by atoms with Crippen LogP contribution in [-0.2, 0) is 29.2 Å². The molecule has 1 aromatic heterocycles. The molecule has 188 valence electrons. The lowest BCUT2D eigenvalue weighted by Gasteiger charge is -2.29. The first-order valence-corrected chi connectivity index (χ1v) is 11.9. The number of nitrogens with zero attached hydrogens (tertiary/aromatic N) is 4. The number of nitrogens with one attached hydrogen (secondary N) is 1. The Hall–Kier alpha value is -4.44. The van der Waals surface area contributed by atoms with Crippen LogP contribution in [-0.4, -0.2) is 50.5 Å². The Balaban J connectivity index is 1.28. The normalized spacial score (nSPS) is 17.2. The van der Waals surface area contributed by atoms with Gasteiger partial charge >= 0.3 is 0 Å². The van der Waals surface area contributed by atoms with Crippen LogP contribution < -0.4 is 5.32 Å². The third-order valence-electron chi connectivity index (χ3n) is 6.70. The summed E-state index contributed by atoms with van der Waals surface area (Å²) in [6.45, 7) is 1.60. The number of hydrogen-bond acceptors (Lipinski definition) is 7. The summed E-state index contributed by atoms with van der Waals surface area (Å²) in [5.41, 5.74) is 5.14. The number of carbonyl (C=O) groups is 3. The van der Waals surface area contributed by atoms with Gasteiger partial charge in [0, 0.05) is 55.5 Å². The Morgan fingerprint density at radius 3 is 2.54 bits per heavy atom. The third-order valence-corrected chi connectivity index (χ3v) is 6.70. The van der Waals surface area contributed by atoms with Gasteiger partial charge in [-0.05, 0) is 54.4 Å². The van der Waals surface area contributed by atoms with Crippen LogP contribution in [0.4, 0.5) is 5.69 Å². The molecule has 5 rings (SSSR count). The summed E-state index contributed by atoms with van der Waals surface area (Å²) in [5, 5.41) is 13.2. The highest BCUT2D eigenvalue weighted by atomic mass is 16.6. The van der Waals surface area contributed by atoms with Crippen LogP contribution >= 0.6 is 0 Å². The van der Waals surface area contributed by atoms with E-state index in [0.29, 0.717) is 31.6 Å². The molecule has 1 saturated heterocycles. The van der Waals surface area contributed by atoms with E-state index in [4.69, 9.17) is 0 Å². The molecule has 3 aromatic rings. The van der Waals surface area contributed by atoms with Gasteiger partial charge in [0.1, 0.15) is 6.04 Å². The van der Waals surface area contributed by atoms with Gasteiger partial charge in [0.15, 0.2) is 0 Å². The molecule has 0 bridgehead atoms. The maximum absolute atomic E-state index is 13.0. The molecule has 3 amide bonds. The first kappa shape index (κ1) is 24.3. The number of fused-ring (bicyclic) bond motifs is 1. The van der Waals surface area contributed by atoms with Crippen LogP contribution in [0.15, 0.2) is 60.8 Å². The fourth-order valence-electron chi connectivity index (χ4n) is 4.87. The maximum atomic E-state index is 13.0. The van der Waals surface area contributed by atoms with E-state index in [0.717, 1.165) is 27.9 Å². The van der Waals surface area contributed by atoms with Crippen LogP contribution in [0, 0.1) is 10.1 Å². The van der Waals surface area contributed by atoms with Gasteiger partial charge in [-0.15, -0.1) is 0 Å². The minimum absolute atomic E-state index is 0.0708. The predicted molar refractivity (Wildman–Crippen MR) is 134 cm³/mol. The molecule has 1 fully saturated rings. The molecule has 1 N–H and O–H groups in total. The number of benzene rings is 2. The van der Waals surface area contributed by atoms with Gasteiger partial charge in [-0.3, -0.25) is 39.7 Å². The van der Waals surface area contributed by atoms with Gasteiger partial charge < -0.3 is 4.90 Å². The second-order valence-corrected chi connectivity index (χ2v) is 9.42. The molecule has 10 nitrogen and oxygen atoms in total. The smallest absolute Gasteiger partial charge is 0.269 e. The van der Waals surface area contributed by atoms with E-state index in [1.54, 1.807) is 24.4 Å². The number of piperidine rings is 1. The second kappa shape index (κ2) is 9.90. The molecule has 0 saturated carbocycles. The van der Waals surface area contributed by atoms with E-state index < -0.39 is 16.9 Å². The number of rotatable bonds is 7. The molecule has 2 aromatic carbocycles. The molecule has 0 aliphatic carbocycles. The predicted octanol–water partition coefficient (Wildman–Crippen LogP) is 3.05. The molecule has 10 heteroatoms. The summed E-state index contributed by atoms with van der Waals surface area (Å²) < 4.78 is 0. The fourth-order valence-corrected chi connectivity index (χ4v) is 4.87. The van der Waals surface area contributed by atoms with Crippen LogP contribution in [0.1, 0.15) is 39.9 Å². The molecule has 2 aliphatic heterocycles. The van der Waals surface area contributed by atoms with Gasteiger partial charge in [-0.25, -0.2) is 0 Å². The van der Waals surface area contributed by atoms with Crippen molar-refractivity contribution in [3.63, 3.8) is 0 Å². The molecule has 2 aliphatic rings. The maximum Gasteiger partial charge on any atom is 0.269 e. The number of carbonyl (C=O) groups excluding carboxylic acids is 3. The van der Waals surface area contributed by atoms with E-state index >= 15 is 0 Å². The quantitative estimate of drug-likeness (QED) is 0.301. The molecule has 3 heterocycles. The van der Waals surface area contributed by atoms with Crippen LogP contribution in [0.5, 0.6) is 0 Å². The Kier molecular flexibility index (Phi) is 6.49. The van der Waals surface area contributed by atoms with Gasteiger partial charge in [0.2, 0.25) is 11.8 Å². The molecule has 1 atom stereocenters. The zero-order valence-electron chi connectivity index (χ0n) is 20.2. The van der Waals surface area contributed by atoms with E-state index in [-0.39, 0.29) is 23.9 Å². The van der Waals surface area contributed by atoms with Crippen LogP contribution in [0.3, 0.4) is 0 Å². The van der Waals surface area contributed by atoms with Gasteiger partial charge in [0.05, 0.1) is 10.6 Å². The highest BCUT2D eigenvalue weighted by Crippen LogP contribution is 2.31. The van der Waals surface area contributed by atoms with Gasteiger partial charge in [-0.1, -0.05) is 18.2 Å². The third kappa shape index (κ3) is 5.10. The molecular formula is C27H25N5O5. The van der Waals surface area contributed by atoms with E-state index in [2.05, 4.69) is 15.2 Å². The number of amides is 3. The zero-order chi connectivity index (χ0) is 26.1. The molecule has 0 radical (unpaired) electrons. The lowest BCUT2D eigenvalue weighted by molar-refractivity contribution is -0.384. The number of hydrogen-bond donors (Lipinski definition) is 1. The first-order chi connectivity index (χ1) is 17.8. The Morgan fingerprint density at radius 2 is 1.81 bits per heavy atom. The van der Waals surface area contributed by atoms with Crippen molar-refractivity contribution in [2.75, 3.05) is 7.05 Å². The van der Waals surface area contributed by atoms with Crippen molar-refractivity contribution in [1.82, 2.24) is 20.1 Å². The summed E-state index contributed by atoms with van der Waals surface area (Å²) in [4.78, 5) is 55.3. The Labute approximate surface area is 213 Å². The second-order valence-electron chi connectivity index (χ2n) is 9.42. The van der Waals surface area contributed by atoms with Crippen molar-refractivity contribution in [1.29, 1.82) is 0 Å². The van der Waals surface area contributed by atoms with E-state index in [1.807, 2.05) is 31.3 Å². The minimum Gasteiger partial charge on any atom is -0.322 e. The summed E-state index contributed by atoms with van der Waals surface area (Å²) in [7, 11) is 1.98. The van der Waals surface area contributed by atoms with Gasteiger partial charge in [0.25, 0.3) is 11.6 Å². The van der Waals surface area contributed by atoms with Crippen molar-refractivity contribution in [3.05, 3.63) is 93.2 Å². The van der Waals surface area contributed by atoms with Gasteiger partial charge in [-0.2, -0.15) is 0 Å². The molecule has 0 spiro atoms. The molecular weight excluding hydrogens is 474 g/mol. The van der Waals surface area contributed by atoms with Crippen LogP contribution in [0.25, 0.3) is 11.3 Å². The summed E-state index contributed by atoms with van der Waals surface area (Å²) in [5.74, 6) is -0.937. The van der Waals surface area contributed by atoms with Crippen LogP contribution in [0.2, 0.25) is 0 Å². The fraction of sp³-hybridized carbons (Fsp3) is 0.259. The first-order valence-electron chi connectivity index (χ1n) is 11.9. The number of aromatic nitrogens is 1. The number of pyridine rings is 1. The Bertz CT molecular complexity index is 1400. The van der Waals surface area contributed by atoms with E-state index in [1.165, 1.54) is 17.0 Å². The highest BCUT2D eigenvalue weighted by Gasteiger charge is 2.39. The SMILES string of the molecule is CN(Cc1ccc([N+](=O)[O-])cc1)Cc1ccnc(-c2ccc3c(c2)CN(C2CCC(=O)NC2=O)C3=O)c1. The molecule has 1 unspecified atom stereocenters. The van der Waals surface area contributed by atoms with Crippen molar-refractivity contribution < 1.29 is 19.3 Å². The van der Waals surface area contributed by atoms with Crippen molar-refractivity contribution in [2.24, 2.45) is 0 Å². The lowest BCUT2D eigenvalue weighted by atomic mass is 10.0. The molecule has 37 heavy (non-hydrogen) atoms. The summed E-state index contributed by atoms with van der Waals surface area (Å²) in [6.07, 6.45) is 2.30. The number of non-ortho nitro benzene ring substituents is 1. The summed E-state index contributed by atoms with van der Waals surface area (Å²) in [6, 6.07) is 15.4. The zero-order valence-corrected chi connectivity index (χ0v) is 20.2. The average molecular weight is 500 g/mol. The minimum atomic E-state index is -0.645. The van der Waals surface area contributed by atoms with Crippen molar-refractivity contribution >= 4 is 23.4 Å². The average Bonchev–Trinajstić information content (AvgIpc) is 3.20. The topological polar surface area (TPSA) is 126 Å². The Morgan fingerprint density at radius 1 is 1.05 bits per heavy atom.